The first kappa shape index (κ1) is 65.1. The molecule has 3 aromatic carbocycles. The molecule has 0 bridgehead atoms. The number of halogens is 3. The monoisotopic (exact) mass is 1230 g/mol. The van der Waals surface area contributed by atoms with Crippen molar-refractivity contribution in [2.24, 2.45) is 21.1 Å². The zero-order chi connectivity index (χ0) is 60.9. The summed E-state index contributed by atoms with van der Waals surface area (Å²) >= 11 is 15.0. The molecule has 3 unspecified atom stereocenters. The van der Waals surface area contributed by atoms with Gasteiger partial charge in [0.2, 0.25) is 0 Å². The van der Waals surface area contributed by atoms with E-state index in [-0.39, 0.29) is 65.3 Å². The number of ether oxygens (including phenoxy) is 1. The van der Waals surface area contributed by atoms with E-state index in [4.69, 9.17) is 42.4 Å². The smallest absolute Gasteiger partial charge is 0.490 e. The third-order valence-electron chi connectivity index (χ3n) is 13.9. The molecule has 0 aliphatic carbocycles. The zero-order valence-electron chi connectivity index (χ0n) is 49.6. The summed E-state index contributed by atoms with van der Waals surface area (Å²) in [7, 11) is 4.76. The number of aliphatic hydroxyl groups is 1. The van der Waals surface area contributed by atoms with Crippen molar-refractivity contribution < 1.29 is 19.2 Å². The third kappa shape index (κ3) is 17.5. The second kappa shape index (κ2) is 29.0. The van der Waals surface area contributed by atoms with E-state index >= 15 is 0 Å². The van der Waals surface area contributed by atoms with Crippen LogP contribution in [-0.4, -0.2) is 78.7 Å². The van der Waals surface area contributed by atoms with Crippen LogP contribution in [0.2, 0.25) is 10.0 Å². The molecule has 3 atom stereocenters. The minimum absolute atomic E-state index is 0.0101. The largest absolute Gasteiger partial charge is 0.498 e. The van der Waals surface area contributed by atoms with Crippen molar-refractivity contribution in [3.63, 3.8) is 0 Å². The average Bonchev–Trinajstić information content (AvgIpc) is 3.94. The van der Waals surface area contributed by atoms with Gasteiger partial charge in [0.15, 0.2) is 0 Å². The van der Waals surface area contributed by atoms with Crippen LogP contribution < -0.4 is 26.9 Å². The van der Waals surface area contributed by atoms with Crippen LogP contribution in [0.15, 0.2) is 184 Å². The summed E-state index contributed by atoms with van der Waals surface area (Å²) in [6.07, 6.45) is 16.4. The molecular formula is C63H75BBrCl2N9O7. The highest BCUT2D eigenvalue weighted by Gasteiger charge is 2.52. The summed E-state index contributed by atoms with van der Waals surface area (Å²) in [5.74, 6) is 0.588. The molecule has 438 valence electrons. The Labute approximate surface area is 505 Å². The number of hydrogen-bond donors (Lipinski definition) is 1. The molecular weight excluding hydrogens is 1160 g/mol. The molecule has 6 aromatic heterocycles. The molecule has 9 aromatic rings. The van der Waals surface area contributed by atoms with E-state index in [0.29, 0.717) is 15.8 Å². The third-order valence-corrected chi connectivity index (χ3v) is 15.4. The molecule has 20 heteroatoms. The maximum absolute atomic E-state index is 12.0. The number of benzene rings is 3. The number of hydrogen-bond acceptors (Lipinski definition) is 10. The van der Waals surface area contributed by atoms with Crippen molar-refractivity contribution in [1.29, 1.82) is 0 Å². The van der Waals surface area contributed by atoms with Crippen LogP contribution in [0.25, 0.3) is 22.3 Å². The number of pyridine rings is 3. The second-order valence-corrected chi connectivity index (χ2v) is 23.4. The van der Waals surface area contributed by atoms with Crippen LogP contribution in [0.3, 0.4) is 0 Å². The van der Waals surface area contributed by atoms with Gasteiger partial charge in [0, 0.05) is 117 Å². The molecule has 10 rings (SSSR count). The molecule has 0 spiro atoms. The van der Waals surface area contributed by atoms with Crippen molar-refractivity contribution >= 4 is 51.7 Å². The number of aryl methyl sites for hydroxylation is 3. The van der Waals surface area contributed by atoms with Crippen molar-refractivity contribution in [1.82, 2.24) is 43.0 Å². The highest BCUT2D eigenvalue weighted by molar-refractivity contribution is 9.10. The fourth-order valence-electron chi connectivity index (χ4n) is 8.27. The van der Waals surface area contributed by atoms with Crippen molar-refractivity contribution in [3.05, 3.63) is 227 Å². The number of aromatic nitrogens is 9. The lowest BCUT2D eigenvalue weighted by atomic mass is 9.82. The van der Waals surface area contributed by atoms with Gasteiger partial charge >= 0.3 is 7.12 Å². The predicted octanol–water partition coefficient (Wildman–Crippen LogP) is 12.1. The minimum Gasteiger partial charge on any atom is -0.490 e. The van der Waals surface area contributed by atoms with Crippen LogP contribution >= 0.6 is 39.1 Å². The molecule has 83 heavy (non-hydrogen) atoms. The standard InChI is InChI=1S/C20H23N3O2.C17H23BN2O2.C17H16ClN3O.C6H5BrClNO.C3H8O/c1-14(2)25-19-10-20(24)22(4)13-18(19)17-11-21-23(12-17)15(3)16-8-6-5-7-9-16;1-13(14-9-7-6-8-10-14)20-12-15(11-19-20)18-21-16(2,3)17(4,5)22-18;1-12(13-6-4-3-5-7-13)21-10-14(9-19-21)15-11-20(2)17(22)8-16(15)18;1-9-3-4(7)5(8)2-6(9)10;1-3(2)4/h5-15H,1-4H3;6-13H,1-5H3;3-12H,1-2H3;2-3H,1H3;3-4H,1-2H3. The van der Waals surface area contributed by atoms with Gasteiger partial charge in [-0.2, -0.15) is 15.3 Å². The number of aliphatic hydroxyl groups excluding tert-OH is 1. The maximum atomic E-state index is 12.0. The van der Waals surface area contributed by atoms with Gasteiger partial charge in [0.1, 0.15) is 5.75 Å². The lowest BCUT2D eigenvalue weighted by molar-refractivity contribution is 0.00578. The average molecular weight is 1230 g/mol. The maximum Gasteiger partial charge on any atom is 0.498 e. The fourth-order valence-corrected chi connectivity index (χ4v) is 9.09. The van der Waals surface area contributed by atoms with Crippen LogP contribution in [-0.2, 0) is 30.5 Å². The molecule has 0 amide bonds. The molecule has 1 fully saturated rings. The second-order valence-electron chi connectivity index (χ2n) is 21.7. The van der Waals surface area contributed by atoms with Gasteiger partial charge in [-0.3, -0.25) is 28.4 Å². The van der Waals surface area contributed by atoms with Gasteiger partial charge in [-0.25, -0.2) is 0 Å². The van der Waals surface area contributed by atoms with Crippen LogP contribution in [0.1, 0.15) is 111 Å². The van der Waals surface area contributed by atoms with E-state index in [9.17, 15) is 14.4 Å². The molecule has 1 aliphatic heterocycles. The Morgan fingerprint density at radius 2 is 0.892 bits per heavy atom. The van der Waals surface area contributed by atoms with E-state index in [1.807, 2.05) is 113 Å². The van der Waals surface area contributed by atoms with Gasteiger partial charge in [-0.15, -0.1) is 0 Å². The van der Waals surface area contributed by atoms with Crippen LogP contribution in [0.5, 0.6) is 5.75 Å². The van der Waals surface area contributed by atoms with E-state index in [0.717, 1.165) is 32.2 Å². The molecule has 0 saturated carbocycles. The first-order valence-corrected chi connectivity index (χ1v) is 28.8. The van der Waals surface area contributed by atoms with Gasteiger partial charge in [0.05, 0.1) is 62.3 Å². The van der Waals surface area contributed by atoms with E-state index < -0.39 is 0 Å². The Bertz CT molecular complexity index is 3690. The summed E-state index contributed by atoms with van der Waals surface area (Å²) < 4.78 is 29.0. The molecule has 1 aliphatic rings. The van der Waals surface area contributed by atoms with Crippen molar-refractivity contribution in [3.8, 4) is 28.0 Å². The van der Waals surface area contributed by atoms with Crippen LogP contribution in [0, 0.1) is 0 Å². The lowest BCUT2D eigenvalue weighted by Crippen LogP contribution is -2.41. The Morgan fingerprint density at radius 1 is 0.530 bits per heavy atom. The number of rotatable bonds is 11. The fraction of sp³-hybridized carbons (Fsp3) is 0.333. The molecule has 1 saturated heterocycles. The SMILES string of the molecule is CC(C)O.CC(C)Oc1cc(=O)n(C)cc1-c1cnn(C(C)c2ccccc2)c1.CC(c1ccccc1)n1cc(-c2cn(C)c(=O)cc2Cl)cn1.CC(c1ccccc1)n1cc(B2OC(C)(C)C(C)(C)O2)cn1.Cn1cc(Br)c(Cl)cc1=O. The Hall–Kier alpha value is -7.06. The quantitative estimate of drug-likeness (QED) is 0.123. The first-order chi connectivity index (χ1) is 39.2. The van der Waals surface area contributed by atoms with E-state index in [2.05, 4.69) is 116 Å². The van der Waals surface area contributed by atoms with Crippen molar-refractivity contribution in [2.75, 3.05) is 0 Å². The summed E-state index contributed by atoms with van der Waals surface area (Å²) in [4.78, 5) is 34.4. The Kier molecular flexibility index (Phi) is 22.7. The van der Waals surface area contributed by atoms with Crippen molar-refractivity contribution in [2.45, 2.75) is 118 Å². The first-order valence-electron chi connectivity index (χ1n) is 27.2. The molecule has 16 nitrogen and oxygen atoms in total. The lowest BCUT2D eigenvalue weighted by Gasteiger charge is -2.32. The van der Waals surface area contributed by atoms with Gasteiger partial charge in [-0.1, -0.05) is 114 Å². The van der Waals surface area contributed by atoms with E-state index in [1.165, 1.54) is 44.0 Å². The van der Waals surface area contributed by atoms with Crippen LogP contribution in [0.4, 0.5) is 0 Å². The predicted molar refractivity (Wildman–Crippen MR) is 337 cm³/mol. The topological polar surface area (TPSA) is 167 Å². The summed E-state index contributed by atoms with van der Waals surface area (Å²) in [6, 6.07) is 35.5. The summed E-state index contributed by atoms with van der Waals surface area (Å²) in [5, 5.41) is 22.4. The Morgan fingerprint density at radius 3 is 1.31 bits per heavy atom. The summed E-state index contributed by atoms with van der Waals surface area (Å²) in [6.45, 7) is 21.9. The van der Waals surface area contributed by atoms with Gasteiger partial charge < -0.3 is 32.9 Å². The minimum atomic E-state index is -0.360. The molecule has 0 radical (unpaired) electrons. The number of nitrogens with zero attached hydrogens (tertiary/aromatic N) is 9. The Balaban J connectivity index is 0.000000179. The molecule has 7 heterocycles. The zero-order valence-corrected chi connectivity index (χ0v) is 52.7. The molecule has 1 N–H and O–H groups in total. The van der Waals surface area contributed by atoms with Gasteiger partial charge in [-0.05, 0) is 109 Å². The van der Waals surface area contributed by atoms with Gasteiger partial charge in [0.25, 0.3) is 16.7 Å². The highest BCUT2D eigenvalue weighted by atomic mass is 79.9. The normalized spacial score (nSPS) is 14.2. The highest BCUT2D eigenvalue weighted by Crippen LogP contribution is 2.37. The summed E-state index contributed by atoms with van der Waals surface area (Å²) in [5.41, 5.74) is 7.06. The van der Waals surface area contributed by atoms with E-state index in [1.54, 1.807) is 64.3 Å².